The van der Waals surface area contributed by atoms with E-state index in [0.29, 0.717) is 17.8 Å². The number of aromatic nitrogens is 1. The lowest BCUT2D eigenvalue weighted by molar-refractivity contribution is 0.199. The van der Waals surface area contributed by atoms with Gasteiger partial charge in [-0.05, 0) is 37.4 Å². The molecule has 1 fully saturated rings. The van der Waals surface area contributed by atoms with Gasteiger partial charge in [-0.1, -0.05) is 32.0 Å². The molecule has 3 heteroatoms. The average molecular weight is 269 g/mol. The van der Waals surface area contributed by atoms with E-state index in [9.17, 15) is 0 Å². The van der Waals surface area contributed by atoms with Crippen molar-refractivity contribution in [1.29, 1.82) is 0 Å². The molecule has 2 aromatic rings. The summed E-state index contributed by atoms with van der Waals surface area (Å²) in [5.74, 6) is 1.38. The molecule has 0 radical (unpaired) electrons. The SMILES string of the molecule is CC(C)C1CCCN1Cc1cc2ccccc2nc1N. The van der Waals surface area contributed by atoms with Crippen LogP contribution in [0.25, 0.3) is 10.9 Å². The van der Waals surface area contributed by atoms with Crippen LogP contribution >= 0.6 is 0 Å². The summed E-state index contributed by atoms with van der Waals surface area (Å²) in [4.78, 5) is 7.10. The minimum absolute atomic E-state index is 0.679. The number of likely N-dealkylation sites (tertiary alicyclic amines) is 1. The summed E-state index contributed by atoms with van der Waals surface area (Å²) in [7, 11) is 0. The zero-order valence-electron chi connectivity index (χ0n) is 12.3. The van der Waals surface area contributed by atoms with Crippen LogP contribution in [0.3, 0.4) is 0 Å². The fourth-order valence-corrected chi connectivity index (χ4v) is 3.32. The highest BCUT2D eigenvalue weighted by Gasteiger charge is 2.27. The summed E-state index contributed by atoms with van der Waals surface area (Å²) >= 11 is 0. The standard InChI is InChI=1S/C17H23N3/c1-12(2)16-8-5-9-20(16)11-14-10-13-6-3-4-7-15(13)19-17(14)18/h3-4,6-7,10,12,16H,5,8-9,11H2,1-2H3,(H2,18,19). The zero-order chi connectivity index (χ0) is 14.1. The number of hydrogen-bond donors (Lipinski definition) is 1. The van der Waals surface area contributed by atoms with Crippen LogP contribution in [0, 0.1) is 5.92 Å². The molecule has 1 aromatic carbocycles. The molecule has 3 rings (SSSR count). The maximum Gasteiger partial charge on any atom is 0.128 e. The third-order valence-electron chi connectivity index (χ3n) is 4.39. The van der Waals surface area contributed by atoms with Gasteiger partial charge in [0.15, 0.2) is 0 Å². The Morgan fingerprint density at radius 2 is 2.15 bits per heavy atom. The van der Waals surface area contributed by atoms with Crippen LogP contribution in [0.1, 0.15) is 32.3 Å². The second-order valence-corrected chi connectivity index (χ2v) is 6.15. The molecule has 0 spiro atoms. The lowest BCUT2D eigenvalue weighted by Gasteiger charge is -2.27. The number of nitrogens with zero attached hydrogens (tertiary/aromatic N) is 2. The minimum atomic E-state index is 0.679. The molecule has 20 heavy (non-hydrogen) atoms. The smallest absolute Gasteiger partial charge is 0.128 e. The molecule has 1 saturated heterocycles. The van der Waals surface area contributed by atoms with Gasteiger partial charge in [0.1, 0.15) is 5.82 Å². The molecule has 1 atom stereocenters. The van der Waals surface area contributed by atoms with E-state index in [2.05, 4.69) is 41.9 Å². The van der Waals surface area contributed by atoms with Crippen LogP contribution in [0.5, 0.6) is 0 Å². The predicted molar refractivity (Wildman–Crippen MR) is 84.4 cm³/mol. The highest BCUT2D eigenvalue weighted by Crippen LogP contribution is 2.27. The van der Waals surface area contributed by atoms with Crippen LogP contribution in [0.15, 0.2) is 30.3 Å². The molecule has 106 valence electrons. The quantitative estimate of drug-likeness (QED) is 0.928. The van der Waals surface area contributed by atoms with Crippen molar-refractivity contribution in [2.24, 2.45) is 5.92 Å². The molecule has 1 aliphatic rings. The second kappa shape index (κ2) is 5.41. The van der Waals surface area contributed by atoms with Gasteiger partial charge in [0.2, 0.25) is 0 Å². The molecule has 0 bridgehead atoms. The predicted octanol–water partition coefficient (Wildman–Crippen LogP) is 3.44. The Labute approximate surface area is 120 Å². The molecular formula is C17H23N3. The molecule has 1 aromatic heterocycles. The van der Waals surface area contributed by atoms with E-state index in [1.165, 1.54) is 24.8 Å². The first kappa shape index (κ1) is 13.4. The number of para-hydroxylation sites is 1. The summed E-state index contributed by atoms with van der Waals surface area (Å²) < 4.78 is 0. The van der Waals surface area contributed by atoms with Crippen LogP contribution in [-0.4, -0.2) is 22.5 Å². The van der Waals surface area contributed by atoms with E-state index < -0.39 is 0 Å². The Morgan fingerprint density at radius 3 is 2.95 bits per heavy atom. The number of benzene rings is 1. The van der Waals surface area contributed by atoms with Crippen LogP contribution in [-0.2, 0) is 6.54 Å². The monoisotopic (exact) mass is 269 g/mol. The van der Waals surface area contributed by atoms with Gasteiger partial charge < -0.3 is 5.73 Å². The third-order valence-corrected chi connectivity index (χ3v) is 4.39. The van der Waals surface area contributed by atoms with Gasteiger partial charge in [0.25, 0.3) is 0 Å². The Kier molecular flexibility index (Phi) is 3.62. The summed E-state index contributed by atoms with van der Waals surface area (Å²) in [5, 5.41) is 1.18. The molecule has 1 unspecified atom stereocenters. The lowest BCUT2D eigenvalue weighted by Crippen LogP contribution is -2.33. The highest BCUT2D eigenvalue weighted by molar-refractivity contribution is 5.81. The van der Waals surface area contributed by atoms with Crippen LogP contribution < -0.4 is 5.73 Å². The Balaban J connectivity index is 1.88. The Morgan fingerprint density at radius 1 is 1.35 bits per heavy atom. The maximum atomic E-state index is 6.15. The number of pyridine rings is 1. The first-order valence-corrected chi connectivity index (χ1v) is 7.53. The van der Waals surface area contributed by atoms with Gasteiger partial charge in [0.05, 0.1) is 5.52 Å². The van der Waals surface area contributed by atoms with Gasteiger partial charge in [0, 0.05) is 23.5 Å². The zero-order valence-corrected chi connectivity index (χ0v) is 12.3. The normalized spacial score (nSPS) is 20.1. The Hall–Kier alpha value is -1.61. The Bertz CT molecular complexity index is 606. The van der Waals surface area contributed by atoms with Crippen molar-refractivity contribution in [3.05, 3.63) is 35.9 Å². The van der Waals surface area contributed by atoms with Crippen molar-refractivity contribution >= 4 is 16.7 Å². The minimum Gasteiger partial charge on any atom is -0.383 e. The summed E-state index contributed by atoms with van der Waals surface area (Å²) in [6, 6.07) is 11.1. The van der Waals surface area contributed by atoms with E-state index >= 15 is 0 Å². The molecule has 3 nitrogen and oxygen atoms in total. The molecule has 1 aliphatic heterocycles. The van der Waals surface area contributed by atoms with Crippen LogP contribution in [0.4, 0.5) is 5.82 Å². The van der Waals surface area contributed by atoms with Gasteiger partial charge in [-0.25, -0.2) is 4.98 Å². The molecule has 0 aliphatic carbocycles. The molecule has 2 N–H and O–H groups in total. The first-order chi connectivity index (χ1) is 9.65. The largest absolute Gasteiger partial charge is 0.383 e. The van der Waals surface area contributed by atoms with E-state index in [1.807, 2.05) is 12.1 Å². The van der Waals surface area contributed by atoms with E-state index in [1.54, 1.807) is 0 Å². The molecule has 0 saturated carbocycles. The average Bonchev–Trinajstić information content (AvgIpc) is 2.88. The first-order valence-electron chi connectivity index (χ1n) is 7.53. The van der Waals surface area contributed by atoms with E-state index in [4.69, 9.17) is 5.73 Å². The van der Waals surface area contributed by atoms with Gasteiger partial charge in [-0.15, -0.1) is 0 Å². The number of nitrogens with two attached hydrogens (primary N) is 1. The molecule has 0 amide bonds. The van der Waals surface area contributed by atoms with Crippen molar-refractivity contribution in [2.75, 3.05) is 12.3 Å². The fourth-order valence-electron chi connectivity index (χ4n) is 3.32. The van der Waals surface area contributed by atoms with E-state index in [0.717, 1.165) is 17.6 Å². The molecular weight excluding hydrogens is 246 g/mol. The van der Waals surface area contributed by atoms with Gasteiger partial charge in [-0.3, -0.25) is 4.90 Å². The number of hydrogen-bond acceptors (Lipinski definition) is 3. The van der Waals surface area contributed by atoms with E-state index in [-0.39, 0.29) is 0 Å². The van der Waals surface area contributed by atoms with Crippen molar-refractivity contribution in [1.82, 2.24) is 9.88 Å². The number of fused-ring (bicyclic) bond motifs is 1. The lowest BCUT2D eigenvalue weighted by atomic mass is 10.0. The number of rotatable bonds is 3. The maximum absolute atomic E-state index is 6.15. The fraction of sp³-hybridized carbons (Fsp3) is 0.471. The van der Waals surface area contributed by atoms with Crippen molar-refractivity contribution in [2.45, 2.75) is 39.3 Å². The van der Waals surface area contributed by atoms with Crippen molar-refractivity contribution < 1.29 is 0 Å². The third kappa shape index (κ3) is 2.50. The number of nitrogen functional groups attached to an aromatic ring is 1. The number of anilines is 1. The highest BCUT2D eigenvalue weighted by atomic mass is 15.2. The van der Waals surface area contributed by atoms with Crippen LogP contribution in [0.2, 0.25) is 0 Å². The van der Waals surface area contributed by atoms with Crippen molar-refractivity contribution in [3.8, 4) is 0 Å². The van der Waals surface area contributed by atoms with Gasteiger partial charge in [-0.2, -0.15) is 0 Å². The van der Waals surface area contributed by atoms with Crippen molar-refractivity contribution in [3.63, 3.8) is 0 Å². The second-order valence-electron chi connectivity index (χ2n) is 6.15. The summed E-state index contributed by atoms with van der Waals surface area (Å²) in [6.07, 6.45) is 2.60. The summed E-state index contributed by atoms with van der Waals surface area (Å²) in [6.45, 7) is 6.72. The summed E-state index contributed by atoms with van der Waals surface area (Å²) in [5.41, 5.74) is 8.29. The molecule has 2 heterocycles. The topological polar surface area (TPSA) is 42.2 Å². The van der Waals surface area contributed by atoms with Gasteiger partial charge >= 0.3 is 0 Å².